The quantitative estimate of drug-likeness (QED) is 0.259. The van der Waals surface area contributed by atoms with Crippen LogP contribution < -0.4 is 19.9 Å². The van der Waals surface area contributed by atoms with Crippen molar-refractivity contribution >= 4 is 45.5 Å². The number of carboxylic acid groups (broad SMARTS) is 1. The van der Waals surface area contributed by atoms with Gasteiger partial charge < -0.3 is 29.6 Å². The van der Waals surface area contributed by atoms with Crippen LogP contribution in [0.1, 0.15) is 5.56 Å². The molecule has 0 saturated heterocycles. The molecule has 5 rings (SSSR count). The van der Waals surface area contributed by atoms with E-state index < -0.39 is 6.16 Å². The maximum absolute atomic E-state index is 11.8. The van der Waals surface area contributed by atoms with Gasteiger partial charge in [0.05, 0.1) is 43.6 Å². The summed E-state index contributed by atoms with van der Waals surface area (Å²) in [5.41, 5.74) is 11.1. The van der Waals surface area contributed by atoms with E-state index in [4.69, 9.17) is 19.9 Å². The van der Waals surface area contributed by atoms with Crippen LogP contribution in [0.4, 0.5) is 10.5 Å². The Hall–Kier alpha value is -4.31. The first-order valence-corrected chi connectivity index (χ1v) is 11.0. The van der Waals surface area contributed by atoms with Crippen LogP contribution in [-0.2, 0) is 6.54 Å². The van der Waals surface area contributed by atoms with Gasteiger partial charge in [-0.3, -0.25) is 0 Å². The molecule has 0 saturated carbocycles. The average molecular weight is 477 g/mol. The van der Waals surface area contributed by atoms with Crippen LogP contribution in [-0.4, -0.2) is 38.8 Å². The fourth-order valence-corrected chi connectivity index (χ4v) is 4.59. The molecule has 0 bridgehead atoms. The molecule has 0 aliphatic heterocycles. The van der Waals surface area contributed by atoms with Gasteiger partial charge in [-0.2, -0.15) is 8.75 Å². The van der Waals surface area contributed by atoms with Crippen molar-refractivity contribution in [2.24, 2.45) is 0 Å². The smallest absolute Gasteiger partial charge is 0.497 e. The minimum atomic E-state index is -1.43. The summed E-state index contributed by atoms with van der Waals surface area (Å²) < 4.78 is 26.7. The molecular formula is C24H20N4O5S. The van der Waals surface area contributed by atoms with Gasteiger partial charge in [0.25, 0.3) is 0 Å². The Morgan fingerprint density at radius 3 is 2.62 bits per heavy atom. The van der Waals surface area contributed by atoms with E-state index in [0.717, 1.165) is 39.2 Å². The highest BCUT2D eigenvalue weighted by Gasteiger charge is 2.25. The van der Waals surface area contributed by atoms with E-state index in [2.05, 4.69) is 8.75 Å². The number of nitrogens with zero attached hydrogens (tertiary/aromatic N) is 3. The fourth-order valence-electron chi connectivity index (χ4n) is 4.07. The largest absolute Gasteiger partial charge is 0.512 e. The molecule has 0 unspecified atom stereocenters. The first kappa shape index (κ1) is 21.5. The molecule has 0 amide bonds. The molecule has 0 aliphatic carbocycles. The molecule has 10 heteroatoms. The predicted octanol–water partition coefficient (Wildman–Crippen LogP) is 5.02. The van der Waals surface area contributed by atoms with Crippen LogP contribution in [0.2, 0.25) is 0 Å². The second-order valence-corrected chi connectivity index (χ2v) is 8.09. The summed E-state index contributed by atoms with van der Waals surface area (Å²) in [7, 11) is 3.11. The maximum Gasteiger partial charge on any atom is 0.512 e. The van der Waals surface area contributed by atoms with Crippen molar-refractivity contribution in [2.45, 2.75) is 6.54 Å². The summed E-state index contributed by atoms with van der Waals surface area (Å²) in [6.07, 6.45) is -1.43. The Morgan fingerprint density at radius 2 is 1.85 bits per heavy atom. The normalized spacial score (nSPS) is 11.1. The highest BCUT2D eigenvalue weighted by atomic mass is 32.1. The number of nitrogens with two attached hydrogens (primary N) is 1. The van der Waals surface area contributed by atoms with E-state index >= 15 is 0 Å². The second-order valence-electron chi connectivity index (χ2n) is 7.56. The van der Waals surface area contributed by atoms with Crippen molar-refractivity contribution in [3.05, 3.63) is 60.2 Å². The lowest BCUT2D eigenvalue weighted by Gasteiger charge is -2.13. The van der Waals surface area contributed by atoms with E-state index in [1.807, 2.05) is 34.9 Å². The minimum absolute atomic E-state index is 0.160. The monoisotopic (exact) mass is 476 g/mol. The Labute approximate surface area is 198 Å². The topological polar surface area (TPSA) is 122 Å². The van der Waals surface area contributed by atoms with E-state index in [1.165, 1.54) is 0 Å². The lowest BCUT2D eigenvalue weighted by Crippen LogP contribution is -2.10. The molecule has 2 aromatic heterocycles. The van der Waals surface area contributed by atoms with Gasteiger partial charge in [0, 0.05) is 22.7 Å². The van der Waals surface area contributed by atoms with E-state index in [-0.39, 0.29) is 5.88 Å². The number of fused-ring (bicyclic) bond motifs is 2. The number of nitrogen functional groups attached to an aromatic ring is 1. The van der Waals surface area contributed by atoms with Crippen molar-refractivity contribution in [3.63, 3.8) is 0 Å². The van der Waals surface area contributed by atoms with Crippen LogP contribution in [0.15, 0.2) is 54.6 Å². The third-order valence-electron chi connectivity index (χ3n) is 5.56. The van der Waals surface area contributed by atoms with E-state index in [9.17, 15) is 9.90 Å². The minimum Gasteiger partial charge on any atom is -0.497 e. The molecule has 3 aromatic carbocycles. The van der Waals surface area contributed by atoms with Crippen LogP contribution in [0.5, 0.6) is 17.4 Å². The molecule has 172 valence electrons. The number of rotatable bonds is 6. The Kier molecular flexibility index (Phi) is 5.42. The Balaban J connectivity index is 1.78. The second kappa shape index (κ2) is 8.56. The van der Waals surface area contributed by atoms with E-state index in [0.29, 0.717) is 34.9 Å². The summed E-state index contributed by atoms with van der Waals surface area (Å²) >= 11 is 1.14. The van der Waals surface area contributed by atoms with Crippen molar-refractivity contribution in [2.75, 3.05) is 20.0 Å². The zero-order valence-corrected chi connectivity index (χ0v) is 19.1. The Bertz CT molecular complexity index is 1540. The number of aromatic nitrogens is 3. The van der Waals surface area contributed by atoms with Crippen molar-refractivity contribution in [1.29, 1.82) is 0 Å². The summed E-state index contributed by atoms with van der Waals surface area (Å²) in [6, 6.07) is 16.5. The molecule has 0 radical (unpaired) electrons. The van der Waals surface area contributed by atoms with Gasteiger partial charge in [0.15, 0.2) is 0 Å². The number of carbonyl (C=O) groups is 1. The summed E-state index contributed by atoms with van der Waals surface area (Å²) in [5.74, 6) is 1.27. The number of hydrogen-bond acceptors (Lipinski definition) is 8. The van der Waals surface area contributed by atoms with Crippen molar-refractivity contribution in [3.8, 4) is 28.5 Å². The van der Waals surface area contributed by atoms with Gasteiger partial charge in [0.1, 0.15) is 22.5 Å². The zero-order valence-electron chi connectivity index (χ0n) is 18.3. The highest BCUT2D eigenvalue weighted by Crippen LogP contribution is 2.46. The summed E-state index contributed by atoms with van der Waals surface area (Å²) in [4.78, 5) is 11.8. The third kappa shape index (κ3) is 3.73. The first-order chi connectivity index (χ1) is 16.5. The van der Waals surface area contributed by atoms with Gasteiger partial charge >= 0.3 is 6.16 Å². The molecule has 0 atom stereocenters. The van der Waals surface area contributed by atoms with Gasteiger partial charge in [-0.15, -0.1) is 0 Å². The van der Waals surface area contributed by atoms with Crippen LogP contribution in [0.3, 0.4) is 0 Å². The molecule has 9 nitrogen and oxygen atoms in total. The van der Waals surface area contributed by atoms with Gasteiger partial charge in [-0.05, 0) is 48.0 Å². The number of ether oxygens (including phenoxy) is 3. The standard InChI is InChI=1S/C24H20N4O5S/c1-31-15-5-6-16(21(11-15)32-2)22-17-10-14(25)4-8-20(17)28(23(22)33-24(29)30)12-13-3-7-18-19(9-13)27-34-26-18/h3-11H,12,25H2,1-2H3,(H,29,30). The van der Waals surface area contributed by atoms with Crippen molar-refractivity contribution in [1.82, 2.24) is 13.3 Å². The molecule has 0 aliphatic rings. The predicted molar refractivity (Wildman–Crippen MR) is 130 cm³/mol. The molecule has 0 spiro atoms. The lowest BCUT2D eigenvalue weighted by molar-refractivity contribution is 0.141. The van der Waals surface area contributed by atoms with Gasteiger partial charge in [-0.1, -0.05) is 6.07 Å². The van der Waals surface area contributed by atoms with Gasteiger partial charge in [-0.25, -0.2) is 4.79 Å². The van der Waals surface area contributed by atoms with Crippen LogP contribution >= 0.6 is 11.7 Å². The highest BCUT2D eigenvalue weighted by molar-refractivity contribution is 7.00. The number of hydrogen-bond donors (Lipinski definition) is 2. The summed E-state index contributed by atoms with van der Waals surface area (Å²) in [6.45, 7) is 0.342. The SMILES string of the molecule is COc1ccc(-c2c(OC(=O)O)n(Cc3ccc4nsnc4c3)c3ccc(N)cc23)c(OC)c1. The number of methoxy groups -OCH3 is 2. The fraction of sp³-hybridized carbons (Fsp3) is 0.125. The zero-order chi connectivity index (χ0) is 23.8. The molecule has 34 heavy (non-hydrogen) atoms. The van der Waals surface area contributed by atoms with Crippen LogP contribution in [0.25, 0.3) is 33.1 Å². The van der Waals surface area contributed by atoms with E-state index in [1.54, 1.807) is 38.5 Å². The van der Waals surface area contributed by atoms with Gasteiger partial charge in [0.2, 0.25) is 5.88 Å². The lowest BCUT2D eigenvalue weighted by atomic mass is 10.0. The summed E-state index contributed by atoms with van der Waals surface area (Å²) in [5, 5.41) is 10.3. The molecular weight excluding hydrogens is 456 g/mol. The van der Waals surface area contributed by atoms with Crippen molar-refractivity contribution < 1.29 is 24.1 Å². The maximum atomic E-state index is 11.8. The Morgan fingerprint density at radius 1 is 1.03 bits per heavy atom. The number of anilines is 1. The first-order valence-electron chi connectivity index (χ1n) is 10.2. The van der Waals surface area contributed by atoms with Crippen LogP contribution in [0, 0.1) is 0 Å². The molecule has 0 fully saturated rings. The molecule has 3 N–H and O–H groups in total. The molecule has 2 heterocycles. The molecule has 5 aromatic rings. The third-order valence-corrected chi connectivity index (χ3v) is 6.12. The number of benzene rings is 3. The average Bonchev–Trinajstić information content (AvgIpc) is 3.40.